The van der Waals surface area contributed by atoms with Gasteiger partial charge in [-0.3, -0.25) is 9.82 Å². The Balaban J connectivity index is 1.51. The first-order valence-corrected chi connectivity index (χ1v) is 11.6. The monoisotopic (exact) mass is 468 g/mol. The molecule has 170 valence electrons. The zero-order valence-corrected chi connectivity index (χ0v) is 18.1. The lowest BCUT2D eigenvalue weighted by Crippen LogP contribution is -2.37. The number of ether oxygens (including phenoxy) is 2. The first-order valence-electron chi connectivity index (χ1n) is 10.0. The Hall–Kier alpha value is -3.81. The molecule has 0 saturated carbocycles. The summed E-state index contributed by atoms with van der Waals surface area (Å²) in [4.78, 5) is 15.7. The van der Waals surface area contributed by atoms with Crippen molar-refractivity contribution in [3.63, 3.8) is 0 Å². The van der Waals surface area contributed by atoms with E-state index in [1.54, 1.807) is 18.3 Å². The van der Waals surface area contributed by atoms with Gasteiger partial charge in [0.05, 0.1) is 24.9 Å². The highest BCUT2D eigenvalue weighted by Crippen LogP contribution is 2.29. The van der Waals surface area contributed by atoms with Crippen molar-refractivity contribution >= 4 is 32.7 Å². The predicted octanol–water partition coefficient (Wildman–Crippen LogP) is 1.66. The average molecular weight is 468 g/mol. The van der Waals surface area contributed by atoms with E-state index in [0.29, 0.717) is 49.5 Å². The molecule has 0 radical (unpaired) electrons. The highest BCUT2D eigenvalue weighted by atomic mass is 32.2. The fourth-order valence-corrected chi connectivity index (χ4v) is 3.91. The number of hydrogen-bond donors (Lipinski definition) is 3. The van der Waals surface area contributed by atoms with Crippen molar-refractivity contribution in [3.05, 3.63) is 48.7 Å². The molecule has 2 aromatic heterocycles. The Morgan fingerprint density at radius 3 is 2.61 bits per heavy atom. The van der Waals surface area contributed by atoms with Crippen molar-refractivity contribution in [2.24, 2.45) is 5.14 Å². The number of morpholine rings is 1. The Morgan fingerprint density at radius 1 is 1.06 bits per heavy atom. The van der Waals surface area contributed by atoms with E-state index in [9.17, 15) is 8.42 Å². The lowest BCUT2D eigenvalue weighted by molar-refractivity contribution is 0.122. The van der Waals surface area contributed by atoms with Crippen LogP contribution in [-0.4, -0.2) is 59.9 Å². The van der Waals surface area contributed by atoms with E-state index in [1.165, 1.54) is 12.1 Å². The van der Waals surface area contributed by atoms with Gasteiger partial charge in [-0.1, -0.05) is 12.1 Å². The third kappa shape index (κ3) is 4.84. The summed E-state index contributed by atoms with van der Waals surface area (Å²) >= 11 is 0. The van der Waals surface area contributed by atoms with E-state index in [0.717, 1.165) is 16.5 Å². The van der Waals surface area contributed by atoms with Crippen LogP contribution in [0.2, 0.25) is 0 Å². The summed E-state index contributed by atoms with van der Waals surface area (Å²) < 4.78 is 35.9. The molecule has 5 rings (SSSR count). The molecule has 1 aliphatic rings. The Kier molecular flexibility index (Phi) is 5.50. The van der Waals surface area contributed by atoms with Crippen LogP contribution in [0.4, 0.5) is 11.6 Å². The molecule has 0 amide bonds. The summed E-state index contributed by atoms with van der Waals surface area (Å²) in [5, 5.41) is 12.9. The zero-order valence-electron chi connectivity index (χ0n) is 17.3. The van der Waals surface area contributed by atoms with E-state index >= 15 is 0 Å². The number of nitrogens with one attached hydrogen (secondary N) is 2. The van der Waals surface area contributed by atoms with Crippen LogP contribution < -0.4 is 19.5 Å². The molecule has 33 heavy (non-hydrogen) atoms. The van der Waals surface area contributed by atoms with E-state index in [4.69, 9.17) is 14.6 Å². The number of hydrogen-bond acceptors (Lipinski definition) is 9. The highest BCUT2D eigenvalue weighted by molar-refractivity contribution is 7.90. The first-order chi connectivity index (χ1) is 15.9. The van der Waals surface area contributed by atoms with Gasteiger partial charge in [0, 0.05) is 29.7 Å². The fraction of sp³-hybridized carbons (Fsp3) is 0.200. The molecule has 3 heterocycles. The summed E-state index contributed by atoms with van der Waals surface area (Å²) in [6, 6.07) is 12.1. The maximum absolute atomic E-state index is 11.2. The van der Waals surface area contributed by atoms with Crippen molar-refractivity contribution in [2.45, 2.75) is 0 Å². The molecule has 12 nitrogen and oxygen atoms in total. The van der Waals surface area contributed by atoms with Gasteiger partial charge >= 0.3 is 6.01 Å². The highest BCUT2D eigenvalue weighted by Gasteiger charge is 2.19. The number of fused-ring (bicyclic) bond motifs is 1. The Bertz CT molecular complexity index is 1380. The standard InChI is InChI=1S/C20H20N8O4S/c21-33(29,30)27-13-4-6-14(7-5-13)32-20-24-18(15-2-1-3-17-16(15)12-22-26-17)23-19(25-20)28-8-10-31-11-9-28/h1-7,12,27H,8-11H2,(H,22,26)(H2,21,29,30). The molecule has 0 unspecified atom stereocenters. The minimum atomic E-state index is -3.86. The Labute approximate surface area is 189 Å². The second-order valence-electron chi connectivity index (χ2n) is 7.25. The minimum Gasteiger partial charge on any atom is -0.424 e. The molecule has 0 spiro atoms. The van der Waals surface area contributed by atoms with Crippen LogP contribution in [0.5, 0.6) is 11.8 Å². The van der Waals surface area contributed by atoms with E-state index in [2.05, 4.69) is 29.9 Å². The lowest BCUT2D eigenvalue weighted by Gasteiger charge is -2.27. The largest absolute Gasteiger partial charge is 0.424 e. The van der Waals surface area contributed by atoms with Crippen LogP contribution in [0.25, 0.3) is 22.3 Å². The fourth-order valence-electron chi connectivity index (χ4n) is 3.44. The SMILES string of the molecule is NS(=O)(=O)Nc1ccc(Oc2nc(-c3cccc4[nH]ncc34)nc(N3CCOCC3)n2)cc1. The maximum atomic E-state index is 11.2. The van der Waals surface area contributed by atoms with Crippen molar-refractivity contribution in [1.29, 1.82) is 0 Å². The van der Waals surface area contributed by atoms with Gasteiger partial charge in [-0.15, -0.1) is 0 Å². The van der Waals surface area contributed by atoms with E-state index in [1.807, 2.05) is 23.1 Å². The molecule has 2 aromatic carbocycles. The smallest absolute Gasteiger partial charge is 0.327 e. The normalized spacial score (nSPS) is 14.4. The van der Waals surface area contributed by atoms with Gasteiger partial charge in [0.15, 0.2) is 5.82 Å². The number of aromatic nitrogens is 5. The summed E-state index contributed by atoms with van der Waals surface area (Å²) in [6.07, 6.45) is 1.72. The molecule has 4 aromatic rings. The van der Waals surface area contributed by atoms with Crippen LogP contribution >= 0.6 is 0 Å². The molecular weight excluding hydrogens is 448 g/mol. The number of anilines is 2. The van der Waals surface area contributed by atoms with Crippen LogP contribution in [0.1, 0.15) is 0 Å². The third-order valence-electron chi connectivity index (χ3n) is 4.95. The quantitative estimate of drug-likeness (QED) is 0.382. The molecule has 1 saturated heterocycles. The van der Waals surface area contributed by atoms with Crippen LogP contribution in [0, 0.1) is 0 Å². The van der Waals surface area contributed by atoms with Crippen molar-refractivity contribution in [1.82, 2.24) is 25.1 Å². The number of aromatic amines is 1. The van der Waals surface area contributed by atoms with Crippen LogP contribution in [0.3, 0.4) is 0 Å². The molecule has 1 aliphatic heterocycles. The van der Waals surface area contributed by atoms with Crippen molar-refractivity contribution in [2.75, 3.05) is 35.9 Å². The molecule has 4 N–H and O–H groups in total. The number of rotatable bonds is 6. The van der Waals surface area contributed by atoms with Crippen LogP contribution in [0.15, 0.2) is 48.7 Å². The van der Waals surface area contributed by atoms with Gasteiger partial charge in [-0.25, -0.2) is 5.14 Å². The van der Waals surface area contributed by atoms with E-state index in [-0.39, 0.29) is 6.01 Å². The average Bonchev–Trinajstić information content (AvgIpc) is 3.29. The van der Waals surface area contributed by atoms with Gasteiger partial charge < -0.3 is 14.4 Å². The van der Waals surface area contributed by atoms with Gasteiger partial charge in [-0.05, 0) is 30.3 Å². The van der Waals surface area contributed by atoms with E-state index < -0.39 is 10.2 Å². The summed E-state index contributed by atoms with van der Waals surface area (Å²) in [5.74, 6) is 1.34. The summed E-state index contributed by atoms with van der Waals surface area (Å²) in [5.41, 5.74) is 1.96. The summed E-state index contributed by atoms with van der Waals surface area (Å²) in [7, 11) is -3.86. The topological polar surface area (TPSA) is 161 Å². The van der Waals surface area contributed by atoms with Gasteiger partial charge in [0.2, 0.25) is 5.95 Å². The van der Waals surface area contributed by atoms with Crippen molar-refractivity contribution in [3.8, 4) is 23.1 Å². The molecule has 13 heteroatoms. The molecular formula is C20H20N8O4S. The number of nitrogens with zero attached hydrogens (tertiary/aromatic N) is 5. The number of H-pyrrole nitrogens is 1. The van der Waals surface area contributed by atoms with Crippen molar-refractivity contribution < 1.29 is 17.9 Å². The van der Waals surface area contributed by atoms with Crippen LogP contribution in [-0.2, 0) is 14.9 Å². The minimum absolute atomic E-state index is 0.106. The number of benzene rings is 2. The predicted molar refractivity (Wildman–Crippen MR) is 121 cm³/mol. The first kappa shape index (κ1) is 21.1. The Morgan fingerprint density at radius 2 is 1.85 bits per heavy atom. The zero-order chi connectivity index (χ0) is 22.8. The lowest BCUT2D eigenvalue weighted by atomic mass is 10.1. The maximum Gasteiger partial charge on any atom is 0.327 e. The molecule has 1 fully saturated rings. The second-order valence-corrected chi connectivity index (χ2v) is 8.55. The molecule has 0 aliphatic carbocycles. The second kappa shape index (κ2) is 8.61. The third-order valence-corrected chi connectivity index (χ3v) is 5.47. The molecule has 0 atom stereocenters. The summed E-state index contributed by atoms with van der Waals surface area (Å²) in [6.45, 7) is 2.44. The van der Waals surface area contributed by atoms with Gasteiger partial charge in [0.25, 0.3) is 10.2 Å². The van der Waals surface area contributed by atoms with Gasteiger partial charge in [-0.2, -0.15) is 28.5 Å². The molecule has 0 bridgehead atoms. The number of nitrogens with two attached hydrogens (primary N) is 1. The van der Waals surface area contributed by atoms with Gasteiger partial charge in [0.1, 0.15) is 5.75 Å².